The number of benzene rings is 2. The number of nitrogens with zero attached hydrogens (tertiary/aromatic N) is 2. The summed E-state index contributed by atoms with van der Waals surface area (Å²) in [6.45, 7) is 7.40. The quantitative estimate of drug-likeness (QED) is 0.766. The number of piperazine rings is 1. The fourth-order valence-corrected chi connectivity index (χ4v) is 3.77. The molecule has 1 amide bonds. The minimum atomic E-state index is -0.0661. The van der Waals surface area contributed by atoms with Crippen molar-refractivity contribution in [1.82, 2.24) is 4.90 Å². The first-order valence-corrected chi connectivity index (χ1v) is 9.83. The lowest BCUT2D eigenvalue weighted by atomic mass is 9.99. The van der Waals surface area contributed by atoms with Gasteiger partial charge in [-0.25, -0.2) is 0 Å². The first-order valence-electron chi connectivity index (χ1n) is 9.83. The lowest BCUT2D eigenvalue weighted by Gasteiger charge is -2.37. The minimum Gasteiger partial charge on any atom is -0.493 e. The van der Waals surface area contributed by atoms with Crippen molar-refractivity contribution in [3.05, 3.63) is 53.6 Å². The Morgan fingerprint density at radius 1 is 1.00 bits per heavy atom. The van der Waals surface area contributed by atoms with Crippen molar-refractivity contribution in [3.8, 4) is 11.5 Å². The number of ether oxygens (including phenoxy) is 2. The van der Waals surface area contributed by atoms with Gasteiger partial charge in [0, 0.05) is 37.8 Å². The molecule has 0 saturated carbocycles. The highest BCUT2D eigenvalue weighted by atomic mass is 16.5. The fourth-order valence-electron chi connectivity index (χ4n) is 3.77. The van der Waals surface area contributed by atoms with Gasteiger partial charge < -0.3 is 19.3 Å². The maximum absolute atomic E-state index is 12.9. The maximum atomic E-state index is 12.9. The Hall–Kier alpha value is -2.69. The van der Waals surface area contributed by atoms with Crippen LogP contribution in [0.4, 0.5) is 5.69 Å². The van der Waals surface area contributed by atoms with Crippen LogP contribution in [0.15, 0.2) is 42.5 Å². The first kappa shape index (κ1) is 20.1. The van der Waals surface area contributed by atoms with E-state index in [1.54, 1.807) is 14.2 Å². The normalized spacial score (nSPS) is 15.3. The van der Waals surface area contributed by atoms with Crippen molar-refractivity contribution >= 4 is 11.6 Å². The van der Waals surface area contributed by atoms with Crippen LogP contribution in [0, 0.1) is 12.8 Å². The van der Waals surface area contributed by atoms with E-state index in [0.717, 1.165) is 31.7 Å². The van der Waals surface area contributed by atoms with E-state index in [4.69, 9.17) is 9.47 Å². The standard InChI is InChI=1S/C23H30N2O3/c1-17-6-5-7-20(14-17)24-10-12-25(13-11-24)23(26)18(2)15-19-8-9-21(27-3)22(16-19)28-4/h5-9,14,16,18H,10-13,15H2,1-4H3. The number of anilines is 1. The second kappa shape index (κ2) is 9.00. The van der Waals surface area contributed by atoms with Crippen LogP contribution in [0.5, 0.6) is 11.5 Å². The zero-order valence-corrected chi connectivity index (χ0v) is 17.3. The highest BCUT2D eigenvalue weighted by Gasteiger charge is 2.25. The van der Waals surface area contributed by atoms with Gasteiger partial charge in [0.05, 0.1) is 14.2 Å². The van der Waals surface area contributed by atoms with Gasteiger partial charge >= 0.3 is 0 Å². The van der Waals surface area contributed by atoms with Crippen molar-refractivity contribution in [3.63, 3.8) is 0 Å². The van der Waals surface area contributed by atoms with Crippen LogP contribution in [0.25, 0.3) is 0 Å². The van der Waals surface area contributed by atoms with Gasteiger partial charge in [-0.05, 0) is 48.7 Å². The maximum Gasteiger partial charge on any atom is 0.225 e. The van der Waals surface area contributed by atoms with Crippen LogP contribution in [0.1, 0.15) is 18.1 Å². The molecule has 0 radical (unpaired) electrons. The topological polar surface area (TPSA) is 42.0 Å². The first-order chi connectivity index (χ1) is 13.5. The largest absolute Gasteiger partial charge is 0.493 e. The molecule has 5 heteroatoms. The molecule has 1 aliphatic heterocycles. The molecule has 2 aromatic rings. The highest BCUT2D eigenvalue weighted by Crippen LogP contribution is 2.29. The summed E-state index contributed by atoms with van der Waals surface area (Å²) in [5.41, 5.74) is 3.59. The summed E-state index contributed by atoms with van der Waals surface area (Å²) in [4.78, 5) is 17.3. The van der Waals surface area contributed by atoms with E-state index in [-0.39, 0.29) is 11.8 Å². The van der Waals surface area contributed by atoms with Crippen LogP contribution in [0.3, 0.4) is 0 Å². The molecular weight excluding hydrogens is 352 g/mol. The van der Waals surface area contributed by atoms with Gasteiger partial charge in [0.1, 0.15) is 0 Å². The SMILES string of the molecule is COc1ccc(CC(C)C(=O)N2CCN(c3cccc(C)c3)CC2)cc1OC. The Labute approximate surface area is 167 Å². The molecule has 0 N–H and O–H groups in total. The van der Waals surface area contributed by atoms with E-state index in [1.807, 2.05) is 30.0 Å². The van der Waals surface area contributed by atoms with Gasteiger partial charge in [0.25, 0.3) is 0 Å². The average molecular weight is 383 g/mol. The molecule has 5 nitrogen and oxygen atoms in total. The van der Waals surface area contributed by atoms with Crippen molar-refractivity contribution in [2.75, 3.05) is 45.3 Å². The molecule has 1 heterocycles. The Morgan fingerprint density at radius 2 is 1.71 bits per heavy atom. The lowest BCUT2D eigenvalue weighted by molar-refractivity contribution is -0.135. The van der Waals surface area contributed by atoms with Crippen LogP contribution in [0.2, 0.25) is 0 Å². The van der Waals surface area contributed by atoms with E-state index in [1.165, 1.54) is 11.3 Å². The van der Waals surface area contributed by atoms with Gasteiger partial charge in [-0.1, -0.05) is 25.1 Å². The van der Waals surface area contributed by atoms with Crippen molar-refractivity contribution in [2.24, 2.45) is 5.92 Å². The predicted molar refractivity (Wildman–Crippen MR) is 112 cm³/mol. The Balaban J connectivity index is 1.57. The number of carbonyl (C=O) groups excluding carboxylic acids is 1. The van der Waals surface area contributed by atoms with Gasteiger partial charge in [0.15, 0.2) is 11.5 Å². The molecule has 0 bridgehead atoms. The lowest BCUT2D eigenvalue weighted by Crippen LogP contribution is -2.50. The average Bonchev–Trinajstić information content (AvgIpc) is 2.73. The van der Waals surface area contributed by atoms with E-state index in [9.17, 15) is 4.79 Å². The number of rotatable bonds is 6. The molecule has 150 valence electrons. The smallest absolute Gasteiger partial charge is 0.225 e. The number of hydrogen-bond acceptors (Lipinski definition) is 4. The van der Waals surface area contributed by atoms with Crippen molar-refractivity contribution in [1.29, 1.82) is 0 Å². The molecule has 3 rings (SSSR count). The molecule has 0 aliphatic carbocycles. The molecule has 1 fully saturated rings. The Bertz CT molecular complexity index is 813. The second-order valence-corrected chi connectivity index (χ2v) is 7.45. The third kappa shape index (κ3) is 4.58. The van der Waals surface area contributed by atoms with Gasteiger partial charge in [-0.3, -0.25) is 4.79 Å². The van der Waals surface area contributed by atoms with Gasteiger partial charge in [-0.15, -0.1) is 0 Å². The number of methoxy groups -OCH3 is 2. The number of carbonyl (C=O) groups is 1. The zero-order chi connectivity index (χ0) is 20.1. The minimum absolute atomic E-state index is 0.0661. The summed E-state index contributed by atoms with van der Waals surface area (Å²) < 4.78 is 10.7. The summed E-state index contributed by atoms with van der Waals surface area (Å²) >= 11 is 0. The second-order valence-electron chi connectivity index (χ2n) is 7.45. The predicted octanol–water partition coefficient (Wildman–Crippen LogP) is 3.54. The molecular formula is C23H30N2O3. The van der Waals surface area contributed by atoms with Crippen LogP contribution in [-0.4, -0.2) is 51.2 Å². The number of amides is 1. The van der Waals surface area contributed by atoms with Crippen molar-refractivity contribution < 1.29 is 14.3 Å². The number of hydrogen-bond donors (Lipinski definition) is 0. The molecule has 1 atom stereocenters. The van der Waals surface area contributed by atoms with Crippen LogP contribution in [-0.2, 0) is 11.2 Å². The van der Waals surface area contributed by atoms with Crippen LogP contribution < -0.4 is 14.4 Å². The molecule has 1 aliphatic rings. The Morgan fingerprint density at radius 3 is 2.36 bits per heavy atom. The van der Waals surface area contributed by atoms with E-state index >= 15 is 0 Å². The summed E-state index contributed by atoms with van der Waals surface area (Å²) in [5.74, 6) is 1.56. The van der Waals surface area contributed by atoms with Gasteiger partial charge in [-0.2, -0.15) is 0 Å². The van der Waals surface area contributed by atoms with Gasteiger partial charge in [0.2, 0.25) is 5.91 Å². The fraction of sp³-hybridized carbons (Fsp3) is 0.435. The third-order valence-electron chi connectivity index (χ3n) is 5.37. The molecule has 0 spiro atoms. The summed E-state index contributed by atoms with van der Waals surface area (Å²) in [7, 11) is 3.25. The summed E-state index contributed by atoms with van der Waals surface area (Å²) in [6, 6.07) is 14.4. The molecule has 28 heavy (non-hydrogen) atoms. The van der Waals surface area contributed by atoms with Crippen molar-refractivity contribution in [2.45, 2.75) is 20.3 Å². The molecule has 0 aromatic heterocycles. The monoisotopic (exact) mass is 382 g/mol. The highest BCUT2D eigenvalue weighted by molar-refractivity contribution is 5.79. The third-order valence-corrected chi connectivity index (χ3v) is 5.37. The summed E-state index contributed by atoms with van der Waals surface area (Å²) in [6.07, 6.45) is 0.692. The van der Waals surface area contributed by atoms with E-state index in [2.05, 4.69) is 36.1 Å². The summed E-state index contributed by atoms with van der Waals surface area (Å²) in [5, 5.41) is 0. The van der Waals surface area contributed by atoms with E-state index in [0.29, 0.717) is 17.9 Å². The zero-order valence-electron chi connectivity index (χ0n) is 17.3. The Kier molecular flexibility index (Phi) is 6.45. The van der Waals surface area contributed by atoms with E-state index < -0.39 is 0 Å². The molecule has 1 unspecified atom stereocenters. The number of aryl methyl sites for hydroxylation is 1. The molecule has 1 saturated heterocycles. The molecule has 2 aromatic carbocycles. The van der Waals surface area contributed by atoms with Crippen LogP contribution >= 0.6 is 0 Å².